The Morgan fingerprint density at radius 3 is 2.72 bits per heavy atom. The fraction of sp³-hybridized carbons (Fsp3) is 0.769. The van der Waals surface area contributed by atoms with Crippen molar-refractivity contribution in [3.05, 3.63) is 16.9 Å². The number of hydrogen-bond donors (Lipinski definition) is 1. The third kappa shape index (κ3) is 3.97. The fourth-order valence-corrected chi connectivity index (χ4v) is 2.35. The van der Waals surface area contributed by atoms with Gasteiger partial charge in [-0.3, -0.25) is 4.68 Å². The minimum absolute atomic E-state index is 0.0397. The van der Waals surface area contributed by atoms with Crippen LogP contribution in [0, 0.1) is 5.92 Å². The minimum atomic E-state index is -0.0397. The molecule has 0 saturated carbocycles. The van der Waals surface area contributed by atoms with Gasteiger partial charge in [-0.1, -0.05) is 31.9 Å². The van der Waals surface area contributed by atoms with E-state index in [4.69, 9.17) is 17.3 Å². The summed E-state index contributed by atoms with van der Waals surface area (Å²) in [5.41, 5.74) is 7.29. The van der Waals surface area contributed by atoms with Crippen LogP contribution >= 0.6 is 11.6 Å². The van der Waals surface area contributed by atoms with Crippen LogP contribution in [-0.4, -0.2) is 35.3 Å². The van der Waals surface area contributed by atoms with E-state index >= 15 is 0 Å². The highest BCUT2D eigenvalue weighted by atomic mass is 35.5. The Bertz CT molecular complexity index is 362. The number of rotatable bonds is 7. The number of nitrogens with zero attached hydrogens (tertiary/aromatic N) is 3. The number of likely N-dealkylation sites (N-methyl/N-ethyl adjacent to an activating group) is 1. The van der Waals surface area contributed by atoms with Gasteiger partial charge in [0.05, 0.1) is 29.5 Å². The highest BCUT2D eigenvalue weighted by Gasteiger charge is 2.21. The third-order valence-electron chi connectivity index (χ3n) is 3.27. The quantitative estimate of drug-likeness (QED) is 0.830. The van der Waals surface area contributed by atoms with Crippen LogP contribution in [0.5, 0.6) is 0 Å². The van der Waals surface area contributed by atoms with Crippen molar-refractivity contribution in [1.82, 2.24) is 14.7 Å². The zero-order valence-electron chi connectivity index (χ0n) is 11.9. The summed E-state index contributed by atoms with van der Waals surface area (Å²) >= 11 is 6.22. The van der Waals surface area contributed by atoms with E-state index in [1.54, 1.807) is 6.20 Å². The van der Waals surface area contributed by atoms with E-state index in [1.165, 1.54) is 0 Å². The van der Waals surface area contributed by atoms with Gasteiger partial charge >= 0.3 is 0 Å². The lowest BCUT2D eigenvalue weighted by molar-refractivity contribution is 0.353. The predicted molar refractivity (Wildman–Crippen MR) is 76.8 cm³/mol. The molecule has 2 atom stereocenters. The van der Waals surface area contributed by atoms with E-state index in [0.29, 0.717) is 10.9 Å². The third-order valence-corrected chi connectivity index (χ3v) is 3.56. The van der Waals surface area contributed by atoms with Gasteiger partial charge in [-0.2, -0.15) is 5.10 Å². The maximum Gasteiger partial charge on any atom is 0.0834 e. The lowest BCUT2D eigenvalue weighted by atomic mass is 9.95. The van der Waals surface area contributed by atoms with Gasteiger partial charge in [0.1, 0.15) is 0 Å². The molecule has 0 bridgehead atoms. The molecule has 0 saturated heterocycles. The van der Waals surface area contributed by atoms with Crippen LogP contribution < -0.4 is 5.73 Å². The van der Waals surface area contributed by atoms with Crippen molar-refractivity contribution < 1.29 is 0 Å². The monoisotopic (exact) mass is 272 g/mol. The van der Waals surface area contributed by atoms with Gasteiger partial charge < -0.3 is 10.6 Å². The average molecular weight is 273 g/mol. The summed E-state index contributed by atoms with van der Waals surface area (Å²) in [6.45, 7) is 6.10. The van der Waals surface area contributed by atoms with Gasteiger partial charge in [-0.25, -0.2) is 0 Å². The molecule has 1 aromatic rings. The van der Waals surface area contributed by atoms with Gasteiger partial charge in [-0.15, -0.1) is 0 Å². The molecule has 5 heteroatoms. The zero-order valence-corrected chi connectivity index (χ0v) is 12.6. The van der Waals surface area contributed by atoms with E-state index in [1.807, 2.05) is 18.8 Å². The lowest BCUT2D eigenvalue weighted by Gasteiger charge is -2.21. The first-order chi connectivity index (χ1) is 8.47. The molecule has 0 aromatic carbocycles. The zero-order chi connectivity index (χ0) is 13.7. The Labute approximate surface area is 115 Å². The molecule has 2 N–H and O–H groups in total. The van der Waals surface area contributed by atoms with Gasteiger partial charge in [0.25, 0.3) is 0 Å². The molecular weight excluding hydrogens is 248 g/mol. The van der Waals surface area contributed by atoms with Crippen LogP contribution in [0.2, 0.25) is 5.02 Å². The van der Waals surface area contributed by atoms with Crippen molar-refractivity contribution >= 4 is 11.6 Å². The summed E-state index contributed by atoms with van der Waals surface area (Å²) in [6.07, 6.45) is 3.94. The molecule has 18 heavy (non-hydrogen) atoms. The molecule has 0 aliphatic heterocycles. The van der Waals surface area contributed by atoms with Crippen LogP contribution in [0.1, 0.15) is 38.4 Å². The molecule has 0 aliphatic rings. The number of nitrogens with two attached hydrogens (primary N) is 1. The average Bonchev–Trinajstić information content (AvgIpc) is 2.67. The Morgan fingerprint density at radius 2 is 2.17 bits per heavy atom. The van der Waals surface area contributed by atoms with Crippen molar-refractivity contribution in [2.75, 3.05) is 20.6 Å². The lowest BCUT2D eigenvalue weighted by Crippen LogP contribution is -2.26. The molecule has 0 radical (unpaired) electrons. The van der Waals surface area contributed by atoms with Crippen molar-refractivity contribution in [1.29, 1.82) is 0 Å². The van der Waals surface area contributed by atoms with Crippen molar-refractivity contribution in [2.45, 2.75) is 39.3 Å². The van der Waals surface area contributed by atoms with E-state index in [-0.39, 0.29) is 6.04 Å². The molecule has 0 spiro atoms. The van der Waals surface area contributed by atoms with Crippen LogP contribution in [-0.2, 0) is 6.54 Å². The first-order valence-corrected chi connectivity index (χ1v) is 6.96. The second kappa shape index (κ2) is 7.12. The summed E-state index contributed by atoms with van der Waals surface area (Å²) in [4.78, 5) is 2.13. The van der Waals surface area contributed by atoms with E-state index < -0.39 is 0 Å². The predicted octanol–water partition coefficient (Wildman–Crippen LogP) is 2.53. The summed E-state index contributed by atoms with van der Waals surface area (Å²) in [5, 5.41) is 5.01. The molecule has 1 aromatic heterocycles. The van der Waals surface area contributed by atoms with Crippen LogP contribution in [0.3, 0.4) is 0 Å². The molecule has 2 unspecified atom stereocenters. The first kappa shape index (κ1) is 15.5. The van der Waals surface area contributed by atoms with Gasteiger partial charge in [0, 0.05) is 6.54 Å². The van der Waals surface area contributed by atoms with Crippen molar-refractivity contribution in [2.24, 2.45) is 11.7 Å². The summed E-state index contributed by atoms with van der Waals surface area (Å²) in [6, 6.07) is -0.0397. The molecule has 1 rings (SSSR count). The van der Waals surface area contributed by atoms with Gasteiger partial charge in [0.15, 0.2) is 0 Å². The molecule has 0 fully saturated rings. The summed E-state index contributed by atoms with van der Waals surface area (Å²) in [5.74, 6) is 0.419. The fourth-order valence-electron chi connectivity index (χ4n) is 2.08. The highest BCUT2D eigenvalue weighted by Crippen LogP contribution is 2.28. The highest BCUT2D eigenvalue weighted by molar-refractivity contribution is 6.31. The van der Waals surface area contributed by atoms with E-state index in [0.717, 1.165) is 31.6 Å². The van der Waals surface area contributed by atoms with Crippen LogP contribution in [0.25, 0.3) is 0 Å². The number of halogens is 1. The second-order valence-electron chi connectivity index (χ2n) is 5.20. The molecule has 104 valence electrons. The van der Waals surface area contributed by atoms with Gasteiger partial charge in [-0.05, 0) is 26.4 Å². The van der Waals surface area contributed by atoms with Crippen LogP contribution in [0.4, 0.5) is 0 Å². The van der Waals surface area contributed by atoms with Crippen molar-refractivity contribution in [3.8, 4) is 0 Å². The topological polar surface area (TPSA) is 47.1 Å². The summed E-state index contributed by atoms with van der Waals surface area (Å²) < 4.78 is 1.94. The Kier molecular flexibility index (Phi) is 6.12. The van der Waals surface area contributed by atoms with E-state index in [2.05, 4.69) is 23.8 Å². The maximum absolute atomic E-state index is 6.32. The van der Waals surface area contributed by atoms with E-state index in [9.17, 15) is 0 Å². The molecule has 1 heterocycles. The summed E-state index contributed by atoms with van der Waals surface area (Å²) in [7, 11) is 4.09. The molecule has 0 amide bonds. The molecule has 0 aliphatic carbocycles. The normalized spacial score (nSPS) is 15.1. The first-order valence-electron chi connectivity index (χ1n) is 6.58. The SMILES string of the molecule is CCCC(C)C(N)c1c(Cl)cnn1CCN(C)C. The van der Waals surface area contributed by atoms with Crippen molar-refractivity contribution in [3.63, 3.8) is 0 Å². The number of aromatic nitrogens is 2. The van der Waals surface area contributed by atoms with Crippen LogP contribution in [0.15, 0.2) is 6.20 Å². The maximum atomic E-state index is 6.32. The molecule has 4 nitrogen and oxygen atoms in total. The molecular formula is C13H25ClN4. The standard InChI is InChI=1S/C13H25ClN4/c1-5-6-10(2)12(15)13-11(14)9-16-18(13)8-7-17(3)4/h9-10,12H,5-8,15H2,1-4H3. The minimum Gasteiger partial charge on any atom is -0.322 e. The smallest absolute Gasteiger partial charge is 0.0834 e. The second-order valence-corrected chi connectivity index (χ2v) is 5.60. The Hall–Kier alpha value is -0.580. The number of hydrogen-bond acceptors (Lipinski definition) is 3. The Balaban J connectivity index is 2.82. The largest absolute Gasteiger partial charge is 0.322 e. The Morgan fingerprint density at radius 1 is 1.50 bits per heavy atom. The van der Waals surface area contributed by atoms with Gasteiger partial charge in [0.2, 0.25) is 0 Å².